The highest BCUT2D eigenvalue weighted by Gasteiger charge is 2.19. The molecule has 0 atom stereocenters. The summed E-state index contributed by atoms with van der Waals surface area (Å²) in [6, 6.07) is 16.8. The summed E-state index contributed by atoms with van der Waals surface area (Å²) in [5.74, 6) is 2.22. The number of piperazine rings is 1. The lowest BCUT2D eigenvalue weighted by molar-refractivity contribution is 0.415. The second-order valence-electron chi connectivity index (χ2n) is 6.88. The van der Waals surface area contributed by atoms with Crippen LogP contribution in [0.15, 0.2) is 60.9 Å². The number of aromatic nitrogens is 2. The van der Waals surface area contributed by atoms with Gasteiger partial charge in [0.15, 0.2) is 0 Å². The van der Waals surface area contributed by atoms with E-state index in [1.165, 1.54) is 11.8 Å². The highest BCUT2D eigenvalue weighted by Crippen LogP contribution is 2.23. The van der Waals surface area contributed by atoms with E-state index in [1.54, 1.807) is 25.6 Å². The molecule has 0 bridgehead atoms. The quantitative estimate of drug-likeness (QED) is 0.691. The second-order valence-corrected chi connectivity index (χ2v) is 6.88. The van der Waals surface area contributed by atoms with E-state index in [0.717, 1.165) is 37.7 Å². The lowest BCUT2D eigenvalue weighted by Gasteiger charge is -2.36. The zero-order valence-electron chi connectivity index (χ0n) is 16.4. The molecule has 1 aliphatic heterocycles. The SMILES string of the molecule is COc1ccc(N2CCN(c3cc(NCc4ccccc4F)ncn3)CC2)cc1. The molecule has 150 valence electrons. The Morgan fingerprint density at radius 1 is 0.966 bits per heavy atom. The van der Waals surface area contributed by atoms with Crippen molar-refractivity contribution >= 4 is 17.3 Å². The monoisotopic (exact) mass is 393 g/mol. The van der Waals surface area contributed by atoms with E-state index >= 15 is 0 Å². The summed E-state index contributed by atoms with van der Waals surface area (Å²) in [5, 5.41) is 3.19. The van der Waals surface area contributed by atoms with Crippen molar-refractivity contribution < 1.29 is 9.13 Å². The van der Waals surface area contributed by atoms with Crippen LogP contribution in [0.2, 0.25) is 0 Å². The number of ether oxygens (including phenoxy) is 1. The Balaban J connectivity index is 1.36. The number of halogens is 1. The Morgan fingerprint density at radius 2 is 1.69 bits per heavy atom. The fraction of sp³-hybridized carbons (Fsp3) is 0.273. The molecule has 0 unspecified atom stereocenters. The zero-order chi connectivity index (χ0) is 20.1. The molecule has 0 aliphatic carbocycles. The molecule has 3 aromatic rings. The van der Waals surface area contributed by atoms with Crippen LogP contribution in [0, 0.1) is 5.82 Å². The summed E-state index contributed by atoms with van der Waals surface area (Å²) >= 11 is 0. The second kappa shape index (κ2) is 8.77. The fourth-order valence-corrected chi connectivity index (χ4v) is 3.43. The van der Waals surface area contributed by atoms with Gasteiger partial charge in [0.1, 0.15) is 29.5 Å². The van der Waals surface area contributed by atoms with Gasteiger partial charge in [-0.3, -0.25) is 0 Å². The van der Waals surface area contributed by atoms with Crippen molar-refractivity contribution in [1.29, 1.82) is 0 Å². The van der Waals surface area contributed by atoms with Crippen LogP contribution in [-0.2, 0) is 6.54 Å². The third-order valence-electron chi connectivity index (χ3n) is 5.11. The first-order chi connectivity index (χ1) is 14.2. The van der Waals surface area contributed by atoms with E-state index in [-0.39, 0.29) is 5.82 Å². The molecule has 2 aromatic carbocycles. The van der Waals surface area contributed by atoms with Crippen molar-refractivity contribution in [3.05, 3.63) is 72.3 Å². The summed E-state index contributed by atoms with van der Waals surface area (Å²) in [6.45, 7) is 3.95. The van der Waals surface area contributed by atoms with Crippen molar-refractivity contribution in [2.24, 2.45) is 0 Å². The van der Waals surface area contributed by atoms with E-state index < -0.39 is 0 Å². The number of nitrogens with zero attached hydrogens (tertiary/aromatic N) is 4. The average Bonchev–Trinajstić information content (AvgIpc) is 2.79. The van der Waals surface area contributed by atoms with Crippen LogP contribution in [0.5, 0.6) is 5.75 Å². The molecule has 4 rings (SSSR count). The maximum atomic E-state index is 13.8. The first-order valence-electron chi connectivity index (χ1n) is 9.66. The van der Waals surface area contributed by atoms with Crippen molar-refractivity contribution in [2.75, 3.05) is 48.4 Å². The smallest absolute Gasteiger partial charge is 0.134 e. The largest absolute Gasteiger partial charge is 0.497 e. The highest BCUT2D eigenvalue weighted by molar-refractivity contribution is 5.53. The normalized spacial score (nSPS) is 14.0. The third kappa shape index (κ3) is 4.56. The minimum atomic E-state index is -0.219. The van der Waals surface area contributed by atoms with Crippen molar-refractivity contribution in [3.8, 4) is 5.75 Å². The molecule has 2 heterocycles. The summed E-state index contributed by atoms with van der Waals surface area (Å²) in [6.07, 6.45) is 1.55. The van der Waals surface area contributed by atoms with Gasteiger partial charge in [0, 0.05) is 50.0 Å². The van der Waals surface area contributed by atoms with Crippen molar-refractivity contribution in [3.63, 3.8) is 0 Å². The van der Waals surface area contributed by atoms with E-state index in [1.807, 2.05) is 24.3 Å². The third-order valence-corrected chi connectivity index (χ3v) is 5.11. The van der Waals surface area contributed by atoms with Gasteiger partial charge in [0.05, 0.1) is 7.11 Å². The number of methoxy groups -OCH3 is 1. The molecule has 6 nitrogen and oxygen atoms in total. The number of rotatable bonds is 6. The predicted molar refractivity (Wildman–Crippen MR) is 113 cm³/mol. The summed E-state index contributed by atoms with van der Waals surface area (Å²) < 4.78 is 19.0. The zero-order valence-corrected chi connectivity index (χ0v) is 16.4. The minimum Gasteiger partial charge on any atom is -0.497 e. The van der Waals surface area contributed by atoms with Gasteiger partial charge in [0.25, 0.3) is 0 Å². The molecule has 1 fully saturated rings. The first kappa shape index (κ1) is 19.0. The number of nitrogens with one attached hydrogen (secondary N) is 1. The number of hydrogen-bond acceptors (Lipinski definition) is 6. The molecule has 1 N–H and O–H groups in total. The summed E-state index contributed by atoms with van der Waals surface area (Å²) in [4.78, 5) is 13.3. The van der Waals surface area contributed by atoms with Gasteiger partial charge in [-0.15, -0.1) is 0 Å². The van der Waals surface area contributed by atoms with Crippen LogP contribution in [0.4, 0.5) is 21.7 Å². The molecule has 1 saturated heterocycles. The van der Waals surface area contributed by atoms with Gasteiger partial charge in [-0.05, 0) is 30.3 Å². The molecule has 1 aromatic heterocycles. The van der Waals surface area contributed by atoms with Crippen molar-refractivity contribution in [1.82, 2.24) is 9.97 Å². The van der Waals surface area contributed by atoms with Crippen LogP contribution in [-0.4, -0.2) is 43.3 Å². The number of benzene rings is 2. The topological polar surface area (TPSA) is 53.5 Å². The van der Waals surface area contributed by atoms with Crippen LogP contribution >= 0.6 is 0 Å². The molecular weight excluding hydrogens is 369 g/mol. The van der Waals surface area contributed by atoms with Crippen LogP contribution in [0.1, 0.15) is 5.56 Å². The molecule has 0 saturated carbocycles. The Kier molecular flexibility index (Phi) is 5.74. The van der Waals surface area contributed by atoms with Crippen molar-refractivity contribution in [2.45, 2.75) is 6.54 Å². The molecule has 0 amide bonds. The maximum Gasteiger partial charge on any atom is 0.134 e. The van der Waals surface area contributed by atoms with Gasteiger partial charge in [-0.25, -0.2) is 14.4 Å². The number of anilines is 3. The fourth-order valence-electron chi connectivity index (χ4n) is 3.43. The molecule has 1 aliphatic rings. The average molecular weight is 393 g/mol. The molecule has 7 heteroatoms. The van der Waals surface area contributed by atoms with E-state index in [4.69, 9.17) is 4.74 Å². The molecular formula is C22H24FN5O. The van der Waals surface area contributed by atoms with Crippen LogP contribution in [0.25, 0.3) is 0 Å². The minimum absolute atomic E-state index is 0.219. The Bertz CT molecular complexity index is 942. The Hall–Kier alpha value is -3.35. The Morgan fingerprint density at radius 3 is 2.41 bits per heavy atom. The van der Waals surface area contributed by atoms with Crippen LogP contribution < -0.4 is 19.9 Å². The van der Waals surface area contributed by atoms with Gasteiger partial charge >= 0.3 is 0 Å². The summed E-state index contributed by atoms with van der Waals surface area (Å²) in [7, 11) is 1.68. The maximum absolute atomic E-state index is 13.8. The predicted octanol–water partition coefficient (Wildman–Crippen LogP) is 3.56. The molecule has 29 heavy (non-hydrogen) atoms. The number of hydrogen-bond donors (Lipinski definition) is 1. The standard InChI is InChI=1S/C22H24FN5O/c1-29-19-8-6-18(7-9-19)27-10-12-28(13-11-27)22-14-21(25-16-26-22)24-15-17-4-2-3-5-20(17)23/h2-9,14,16H,10-13,15H2,1H3,(H,24,25,26). The van der Waals surface area contributed by atoms with Gasteiger partial charge in [-0.2, -0.15) is 0 Å². The van der Waals surface area contributed by atoms with E-state index in [2.05, 4.69) is 37.2 Å². The van der Waals surface area contributed by atoms with Gasteiger partial charge in [0.2, 0.25) is 0 Å². The Labute approximate surface area is 170 Å². The van der Waals surface area contributed by atoms with E-state index in [0.29, 0.717) is 17.9 Å². The highest BCUT2D eigenvalue weighted by atomic mass is 19.1. The molecule has 0 radical (unpaired) electrons. The van der Waals surface area contributed by atoms with Gasteiger partial charge in [-0.1, -0.05) is 18.2 Å². The van der Waals surface area contributed by atoms with E-state index in [9.17, 15) is 4.39 Å². The molecule has 0 spiro atoms. The lowest BCUT2D eigenvalue weighted by Crippen LogP contribution is -2.46. The lowest BCUT2D eigenvalue weighted by atomic mass is 10.2. The first-order valence-corrected chi connectivity index (χ1v) is 9.66. The van der Waals surface area contributed by atoms with Crippen LogP contribution in [0.3, 0.4) is 0 Å². The van der Waals surface area contributed by atoms with Gasteiger partial charge < -0.3 is 19.9 Å². The summed E-state index contributed by atoms with van der Waals surface area (Å²) in [5.41, 5.74) is 1.81.